The number of piperidine rings is 1. The third kappa shape index (κ3) is 4.33. The van der Waals surface area contributed by atoms with Gasteiger partial charge >= 0.3 is 0 Å². The molecule has 0 aromatic carbocycles. The van der Waals surface area contributed by atoms with Crippen molar-refractivity contribution in [1.82, 2.24) is 25.0 Å². The first-order valence-corrected chi connectivity index (χ1v) is 10.5. The van der Waals surface area contributed by atoms with Gasteiger partial charge in [0.25, 0.3) is 0 Å². The first kappa shape index (κ1) is 18.8. The maximum absolute atomic E-state index is 11.8. The summed E-state index contributed by atoms with van der Waals surface area (Å²) in [4.78, 5) is 23.9. The number of carbonyl (C=O) groups excluding carboxylic acids is 1. The van der Waals surface area contributed by atoms with Crippen molar-refractivity contribution in [3.05, 3.63) is 30.1 Å². The van der Waals surface area contributed by atoms with Gasteiger partial charge in [0.1, 0.15) is 0 Å². The van der Waals surface area contributed by atoms with Crippen LogP contribution < -0.4 is 5.32 Å². The van der Waals surface area contributed by atoms with Crippen LogP contribution in [0.15, 0.2) is 24.5 Å². The van der Waals surface area contributed by atoms with Crippen LogP contribution in [0.2, 0.25) is 0 Å². The van der Waals surface area contributed by atoms with Gasteiger partial charge < -0.3 is 5.32 Å². The normalized spacial score (nSPS) is 29.6. The molecule has 1 aromatic rings. The zero-order chi connectivity index (χ0) is 18.7. The number of pyridine rings is 1. The molecule has 1 unspecified atom stereocenters. The molecular formula is C21H33N5O. The van der Waals surface area contributed by atoms with Gasteiger partial charge in [0.2, 0.25) is 5.91 Å². The fraction of sp³-hybridized carbons (Fsp3) is 0.714. The highest BCUT2D eigenvalue weighted by Crippen LogP contribution is 2.32. The summed E-state index contributed by atoms with van der Waals surface area (Å²) >= 11 is 0. The summed E-state index contributed by atoms with van der Waals surface area (Å²) in [6.07, 6.45) is 9.06. The van der Waals surface area contributed by atoms with E-state index in [-0.39, 0.29) is 11.4 Å². The lowest BCUT2D eigenvalue weighted by Gasteiger charge is -2.52. The summed E-state index contributed by atoms with van der Waals surface area (Å²) in [6.45, 7) is 7.56. The van der Waals surface area contributed by atoms with Gasteiger partial charge in [-0.1, -0.05) is 6.07 Å². The Morgan fingerprint density at radius 3 is 2.85 bits per heavy atom. The molecule has 27 heavy (non-hydrogen) atoms. The Balaban J connectivity index is 1.33. The predicted octanol–water partition coefficient (Wildman–Crippen LogP) is 1.33. The van der Waals surface area contributed by atoms with Crippen molar-refractivity contribution in [3.8, 4) is 0 Å². The molecule has 1 atom stereocenters. The van der Waals surface area contributed by atoms with E-state index in [0.29, 0.717) is 12.5 Å². The quantitative estimate of drug-likeness (QED) is 0.869. The lowest BCUT2D eigenvalue weighted by Crippen LogP contribution is -2.63. The van der Waals surface area contributed by atoms with Crippen molar-refractivity contribution in [2.75, 3.05) is 46.3 Å². The van der Waals surface area contributed by atoms with Crippen molar-refractivity contribution in [1.29, 1.82) is 0 Å². The van der Waals surface area contributed by atoms with Crippen LogP contribution >= 0.6 is 0 Å². The van der Waals surface area contributed by atoms with Gasteiger partial charge in [0.15, 0.2) is 0 Å². The summed E-state index contributed by atoms with van der Waals surface area (Å²) in [7, 11) is 2.25. The Bertz CT molecular complexity index is 631. The molecule has 6 nitrogen and oxygen atoms in total. The molecule has 0 radical (unpaired) electrons. The maximum Gasteiger partial charge on any atom is 0.220 e. The Morgan fingerprint density at radius 1 is 1.22 bits per heavy atom. The van der Waals surface area contributed by atoms with E-state index in [9.17, 15) is 4.79 Å². The fourth-order valence-electron chi connectivity index (χ4n) is 5.13. The number of piperazine rings is 1. The van der Waals surface area contributed by atoms with E-state index >= 15 is 0 Å². The zero-order valence-corrected chi connectivity index (χ0v) is 16.6. The Kier molecular flexibility index (Phi) is 5.76. The largest absolute Gasteiger partial charge is 0.356 e. The third-order valence-corrected chi connectivity index (χ3v) is 6.96. The van der Waals surface area contributed by atoms with Crippen LogP contribution in [-0.2, 0) is 11.3 Å². The van der Waals surface area contributed by atoms with E-state index < -0.39 is 0 Å². The molecule has 1 aromatic heterocycles. The molecule has 148 valence electrons. The number of likely N-dealkylation sites (tertiary alicyclic amines) is 1. The van der Waals surface area contributed by atoms with Crippen molar-refractivity contribution >= 4 is 5.91 Å². The molecule has 0 bridgehead atoms. The smallest absolute Gasteiger partial charge is 0.220 e. The van der Waals surface area contributed by atoms with E-state index in [1.54, 1.807) is 0 Å². The van der Waals surface area contributed by atoms with Crippen molar-refractivity contribution in [2.24, 2.45) is 0 Å². The van der Waals surface area contributed by atoms with Crippen LogP contribution in [0.3, 0.4) is 0 Å². The number of amides is 1. The van der Waals surface area contributed by atoms with Crippen LogP contribution in [0.4, 0.5) is 0 Å². The standard InChI is InChI=1S/C21H33N5O/c1-24-13-14-26(17-21(24)7-4-20(27)23-10-8-21)19-5-11-25(12-6-19)16-18-3-2-9-22-15-18/h2-3,9,15,19H,4-8,10-14,16-17H2,1H3,(H,23,27). The molecule has 3 aliphatic heterocycles. The topological polar surface area (TPSA) is 51.7 Å². The number of carbonyl (C=O) groups is 1. The number of nitrogens with one attached hydrogen (secondary N) is 1. The number of nitrogens with zero attached hydrogens (tertiary/aromatic N) is 4. The minimum atomic E-state index is 0.171. The van der Waals surface area contributed by atoms with Crippen LogP contribution in [0.25, 0.3) is 0 Å². The molecule has 1 amide bonds. The van der Waals surface area contributed by atoms with E-state index in [0.717, 1.165) is 45.6 Å². The van der Waals surface area contributed by atoms with Crippen LogP contribution in [0.1, 0.15) is 37.7 Å². The van der Waals surface area contributed by atoms with Crippen molar-refractivity contribution in [3.63, 3.8) is 0 Å². The first-order chi connectivity index (χ1) is 13.1. The van der Waals surface area contributed by atoms with Crippen LogP contribution in [0.5, 0.6) is 0 Å². The number of hydrogen-bond acceptors (Lipinski definition) is 5. The monoisotopic (exact) mass is 371 g/mol. The summed E-state index contributed by atoms with van der Waals surface area (Å²) in [5.41, 5.74) is 1.48. The van der Waals surface area contributed by atoms with Crippen LogP contribution in [-0.4, -0.2) is 83.5 Å². The second kappa shape index (κ2) is 8.25. The minimum Gasteiger partial charge on any atom is -0.356 e. The Hall–Kier alpha value is -1.50. The van der Waals surface area contributed by atoms with E-state index in [1.165, 1.54) is 31.5 Å². The van der Waals surface area contributed by atoms with E-state index in [4.69, 9.17) is 0 Å². The maximum atomic E-state index is 11.8. The van der Waals surface area contributed by atoms with Crippen molar-refractivity contribution < 1.29 is 4.79 Å². The van der Waals surface area contributed by atoms with E-state index in [1.807, 2.05) is 18.5 Å². The van der Waals surface area contributed by atoms with Crippen molar-refractivity contribution in [2.45, 2.75) is 50.2 Å². The number of rotatable bonds is 3. The SMILES string of the molecule is CN1CCN(C2CCN(Cc3cccnc3)CC2)CC12CCNC(=O)CC2. The highest BCUT2D eigenvalue weighted by atomic mass is 16.1. The van der Waals surface area contributed by atoms with Gasteiger partial charge in [0.05, 0.1) is 0 Å². The lowest BCUT2D eigenvalue weighted by atomic mass is 9.85. The molecule has 0 aliphatic carbocycles. The minimum absolute atomic E-state index is 0.171. The van der Waals surface area contributed by atoms with Gasteiger partial charge in [0, 0.05) is 63.1 Å². The number of hydrogen-bond donors (Lipinski definition) is 1. The Morgan fingerprint density at radius 2 is 2.07 bits per heavy atom. The molecule has 3 fully saturated rings. The second-order valence-corrected chi connectivity index (χ2v) is 8.58. The highest BCUT2D eigenvalue weighted by Gasteiger charge is 2.42. The van der Waals surface area contributed by atoms with Gasteiger partial charge in [-0.05, 0) is 57.5 Å². The predicted molar refractivity (Wildman–Crippen MR) is 106 cm³/mol. The van der Waals surface area contributed by atoms with Gasteiger partial charge in [-0.2, -0.15) is 0 Å². The second-order valence-electron chi connectivity index (χ2n) is 8.58. The zero-order valence-electron chi connectivity index (χ0n) is 16.6. The lowest BCUT2D eigenvalue weighted by molar-refractivity contribution is -0.121. The summed E-state index contributed by atoms with van der Waals surface area (Å²) < 4.78 is 0. The van der Waals surface area contributed by atoms with Gasteiger partial charge in [-0.15, -0.1) is 0 Å². The molecule has 0 saturated carbocycles. The summed E-state index contributed by atoms with van der Waals surface area (Å²) in [5, 5.41) is 3.06. The molecule has 3 aliphatic rings. The summed E-state index contributed by atoms with van der Waals surface area (Å²) in [5.74, 6) is 0.223. The Labute approximate surface area is 162 Å². The average Bonchev–Trinajstić information content (AvgIpc) is 2.88. The van der Waals surface area contributed by atoms with Gasteiger partial charge in [-0.3, -0.25) is 24.5 Å². The molecule has 3 saturated heterocycles. The third-order valence-electron chi connectivity index (χ3n) is 6.96. The fourth-order valence-corrected chi connectivity index (χ4v) is 5.13. The molecular weight excluding hydrogens is 338 g/mol. The highest BCUT2D eigenvalue weighted by molar-refractivity contribution is 5.76. The van der Waals surface area contributed by atoms with Crippen LogP contribution in [0, 0.1) is 0 Å². The first-order valence-electron chi connectivity index (χ1n) is 10.5. The molecule has 1 spiro atoms. The summed E-state index contributed by atoms with van der Waals surface area (Å²) in [6, 6.07) is 4.88. The van der Waals surface area contributed by atoms with Gasteiger partial charge in [-0.25, -0.2) is 0 Å². The molecule has 4 heterocycles. The average molecular weight is 372 g/mol. The molecule has 1 N–H and O–H groups in total. The molecule has 4 rings (SSSR count). The number of likely N-dealkylation sites (N-methyl/N-ethyl adjacent to an activating group) is 1. The number of aromatic nitrogens is 1. The van der Waals surface area contributed by atoms with E-state index in [2.05, 4.69) is 38.1 Å². The molecule has 6 heteroatoms.